The van der Waals surface area contributed by atoms with E-state index < -0.39 is 11.6 Å². The summed E-state index contributed by atoms with van der Waals surface area (Å²) in [7, 11) is 0. The third-order valence-corrected chi connectivity index (χ3v) is 8.19. The van der Waals surface area contributed by atoms with E-state index in [0.717, 1.165) is 42.5 Å². The van der Waals surface area contributed by atoms with Gasteiger partial charge in [-0.15, -0.1) is 0 Å². The van der Waals surface area contributed by atoms with Crippen LogP contribution in [0.3, 0.4) is 0 Å². The summed E-state index contributed by atoms with van der Waals surface area (Å²) in [6.45, 7) is 7.02. The summed E-state index contributed by atoms with van der Waals surface area (Å²) in [5.74, 6) is 1.10. The molecular weight excluding hydrogens is 480 g/mol. The van der Waals surface area contributed by atoms with Gasteiger partial charge in [0, 0.05) is 12.6 Å². The number of benzene rings is 2. The number of nitrogens with zero attached hydrogens (tertiary/aromatic N) is 2. The number of H-pyrrole nitrogens is 1. The topological polar surface area (TPSA) is 108 Å². The number of imidazole rings is 1. The predicted octanol–water partition coefficient (Wildman–Crippen LogP) is 6.26. The van der Waals surface area contributed by atoms with Crippen molar-refractivity contribution in [3.05, 3.63) is 77.7 Å². The highest BCUT2D eigenvalue weighted by atomic mass is 16.5. The van der Waals surface area contributed by atoms with Crippen LogP contribution in [0.25, 0.3) is 11.3 Å². The molecule has 3 aromatic rings. The second-order valence-corrected chi connectivity index (χ2v) is 11.5. The van der Waals surface area contributed by atoms with E-state index in [0.29, 0.717) is 18.3 Å². The molecule has 8 nitrogen and oxygen atoms in total. The van der Waals surface area contributed by atoms with E-state index in [4.69, 9.17) is 9.72 Å². The van der Waals surface area contributed by atoms with Gasteiger partial charge in [-0.25, -0.2) is 14.6 Å². The zero-order chi connectivity index (χ0) is 26.9. The molecule has 1 aliphatic carbocycles. The van der Waals surface area contributed by atoms with Crippen LogP contribution in [0.15, 0.2) is 60.8 Å². The molecule has 1 unspecified atom stereocenters. The van der Waals surface area contributed by atoms with Crippen LogP contribution in [-0.4, -0.2) is 44.7 Å². The smallest absolute Gasteiger partial charge is 0.408 e. The Morgan fingerprint density at radius 3 is 2.50 bits per heavy atom. The Bertz CT molecular complexity index is 1280. The number of carboxylic acid groups (broad SMARTS) is 1. The number of nitrogens with one attached hydrogen (secondary N) is 2. The first kappa shape index (κ1) is 25.8. The Balaban J connectivity index is 1.19. The van der Waals surface area contributed by atoms with Crippen LogP contribution in [0.1, 0.15) is 69.3 Å². The lowest BCUT2D eigenvalue weighted by Crippen LogP contribution is -2.53. The van der Waals surface area contributed by atoms with Gasteiger partial charge in [-0.3, -0.25) is 4.90 Å². The number of rotatable bonds is 6. The Labute approximate surface area is 223 Å². The van der Waals surface area contributed by atoms with Crippen LogP contribution in [0.2, 0.25) is 0 Å². The van der Waals surface area contributed by atoms with Crippen molar-refractivity contribution < 1.29 is 19.4 Å². The summed E-state index contributed by atoms with van der Waals surface area (Å²) in [5.41, 5.74) is 3.09. The highest BCUT2D eigenvalue weighted by molar-refractivity contribution is 5.68. The Kier molecular flexibility index (Phi) is 6.90. The van der Waals surface area contributed by atoms with E-state index in [2.05, 4.69) is 55.3 Å². The Morgan fingerprint density at radius 1 is 1.13 bits per heavy atom. The highest BCUT2D eigenvalue weighted by Gasteiger charge is 2.55. The van der Waals surface area contributed by atoms with Gasteiger partial charge in [-0.05, 0) is 53.7 Å². The van der Waals surface area contributed by atoms with E-state index >= 15 is 0 Å². The molecule has 5 rings (SSSR count). The number of aromatic nitrogens is 2. The minimum atomic E-state index is -0.905. The van der Waals surface area contributed by atoms with E-state index in [1.54, 1.807) is 11.1 Å². The molecule has 0 radical (unpaired) electrons. The molecule has 200 valence electrons. The quantitative estimate of drug-likeness (QED) is 0.358. The Morgan fingerprint density at radius 2 is 1.84 bits per heavy atom. The number of ether oxygens (including phenoxy) is 1. The number of carbonyl (C=O) groups is 2. The maximum Gasteiger partial charge on any atom is 0.408 e. The molecule has 1 saturated heterocycles. The molecule has 2 fully saturated rings. The zero-order valence-electron chi connectivity index (χ0n) is 22.2. The van der Waals surface area contributed by atoms with Crippen molar-refractivity contribution in [1.29, 1.82) is 0 Å². The lowest BCUT2D eigenvalue weighted by atomic mass is 9.71. The first-order valence-electron chi connectivity index (χ1n) is 13.3. The fraction of sp³-hybridized carbons (Fsp3) is 0.433. The average molecular weight is 517 g/mol. The van der Waals surface area contributed by atoms with Crippen LogP contribution in [0.4, 0.5) is 9.59 Å². The van der Waals surface area contributed by atoms with Gasteiger partial charge in [-0.2, -0.15) is 0 Å². The van der Waals surface area contributed by atoms with Gasteiger partial charge < -0.3 is 20.1 Å². The lowest BCUT2D eigenvalue weighted by molar-refractivity contribution is 0.0217. The number of hydrogen-bond acceptors (Lipinski definition) is 4. The first-order chi connectivity index (χ1) is 18.2. The fourth-order valence-electron chi connectivity index (χ4n) is 6.01. The monoisotopic (exact) mass is 516 g/mol. The fourth-order valence-corrected chi connectivity index (χ4v) is 6.01. The summed E-state index contributed by atoms with van der Waals surface area (Å²) in [6.07, 6.45) is 3.85. The van der Waals surface area contributed by atoms with Gasteiger partial charge in [0.1, 0.15) is 18.0 Å². The van der Waals surface area contributed by atoms with Gasteiger partial charge in [0.15, 0.2) is 0 Å². The molecule has 1 aromatic heterocycles. The van der Waals surface area contributed by atoms with Gasteiger partial charge in [0.2, 0.25) is 0 Å². The van der Waals surface area contributed by atoms with Crippen molar-refractivity contribution >= 4 is 12.2 Å². The number of amides is 2. The van der Waals surface area contributed by atoms with Crippen LogP contribution in [-0.2, 0) is 16.9 Å². The molecule has 2 heterocycles. The molecular formula is C30H36N4O4. The SMILES string of the molecule is CC(C)(C)C1(c2ncc(-c3ccc(C4CC(NC(=O)OCc5ccccc5)C4)cc3)[nH]2)CCCN1C(=O)O. The average Bonchev–Trinajstić information content (AvgIpc) is 3.54. The minimum absolute atomic E-state index is 0.121. The van der Waals surface area contributed by atoms with Gasteiger partial charge in [0.25, 0.3) is 0 Å². The minimum Gasteiger partial charge on any atom is -0.465 e. The third-order valence-electron chi connectivity index (χ3n) is 8.19. The van der Waals surface area contributed by atoms with E-state index in [1.807, 2.05) is 30.3 Å². The number of carbonyl (C=O) groups excluding carboxylic acids is 1. The number of aromatic amines is 1. The molecule has 8 heteroatoms. The second-order valence-electron chi connectivity index (χ2n) is 11.5. The van der Waals surface area contributed by atoms with Crippen molar-refractivity contribution in [3.8, 4) is 11.3 Å². The van der Waals surface area contributed by atoms with E-state index in [1.165, 1.54) is 5.56 Å². The third kappa shape index (κ3) is 4.87. The van der Waals surface area contributed by atoms with Gasteiger partial charge in [-0.1, -0.05) is 75.4 Å². The molecule has 1 aliphatic heterocycles. The molecule has 0 spiro atoms. The molecule has 1 saturated carbocycles. The van der Waals surface area contributed by atoms with Crippen LogP contribution in [0.5, 0.6) is 0 Å². The lowest BCUT2D eigenvalue weighted by Gasteiger charge is -2.45. The standard InChI is InChI=1S/C30H36N4O4/c1-29(2,3)30(14-7-15-34(30)28(36)37)26-31-18-25(33-26)22-12-10-21(11-13-22)23-16-24(17-23)32-27(35)38-19-20-8-5-4-6-9-20/h4-6,8-13,18,23-24H,7,14-17,19H2,1-3H3,(H,31,33)(H,32,35)(H,36,37). The largest absolute Gasteiger partial charge is 0.465 e. The molecule has 0 bridgehead atoms. The zero-order valence-corrected chi connectivity index (χ0v) is 22.2. The van der Waals surface area contributed by atoms with Crippen LogP contribution >= 0.6 is 0 Å². The maximum atomic E-state index is 12.1. The first-order valence-corrected chi connectivity index (χ1v) is 13.3. The normalized spacial score (nSPS) is 23.1. The van der Waals surface area contributed by atoms with Crippen LogP contribution in [0, 0.1) is 5.41 Å². The number of likely N-dealkylation sites (tertiary alicyclic amines) is 1. The molecule has 1 atom stereocenters. The summed E-state index contributed by atoms with van der Waals surface area (Å²) >= 11 is 0. The summed E-state index contributed by atoms with van der Waals surface area (Å²) in [6, 6.07) is 18.2. The molecule has 38 heavy (non-hydrogen) atoms. The van der Waals surface area contributed by atoms with Crippen molar-refractivity contribution in [2.45, 2.75) is 70.6 Å². The maximum absolute atomic E-state index is 12.1. The molecule has 2 amide bonds. The van der Waals surface area contributed by atoms with E-state index in [-0.39, 0.29) is 24.2 Å². The number of hydrogen-bond donors (Lipinski definition) is 3. The summed E-state index contributed by atoms with van der Waals surface area (Å²) in [4.78, 5) is 33.9. The van der Waals surface area contributed by atoms with E-state index in [9.17, 15) is 14.7 Å². The predicted molar refractivity (Wildman–Crippen MR) is 145 cm³/mol. The molecule has 2 aliphatic rings. The van der Waals surface area contributed by atoms with Gasteiger partial charge >= 0.3 is 12.2 Å². The second kappa shape index (κ2) is 10.2. The number of alkyl carbamates (subject to hydrolysis) is 1. The van der Waals surface area contributed by atoms with Crippen molar-refractivity contribution in [1.82, 2.24) is 20.2 Å². The van der Waals surface area contributed by atoms with Crippen molar-refractivity contribution in [3.63, 3.8) is 0 Å². The van der Waals surface area contributed by atoms with Crippen LogP contribution < -0.4 is 5.32 Å². The van der Waals surface area contributed by atoms with Gasteiger partial charge in [0.05, 0.1) is 11.9 Å². The molecule has 2 aromatic carbocycles. The molecule has 3 N–H and O–H groups in total. The van der Waals surface area contributed by atoms with Crippen molar-refractivity contribution in [2.75, 3.05) is 6.54 Å². The van der Waals surface area contributed by atoms with Crippen molar-refractivity contribution in [2.24, 2.45) is 5.41 Å². The summed E-state index contributed by atoms with van der Waals surface area (Å²) in [5, 5.41) is 12.9. The Hall–Kier alpha value is -3.81. The highest BCUT2D eigenvalue weighted by Crippen LogP contribution is 2.50. The summed E-state index contributed by atoms with van der Waals surface area (Å²) < 4.78 is 5.33.